The molecule has 5 saturated carbocycles. The van der Waals surface area contributed by atoms with Gasteiger partial charge < -0.3 is 9.47 Å². The molecule has 168 valence electrons. The Hall–Kier alpha value is -2.17. The first-order chi connectivity index (χ1) is 14.7. The molecule has 6 aliphatic carbocycles. The summed E-state index contributed by atoms with van der Waals surface area (Å²) in [6.45, 7) is 7.60. The summed E-state index contributed by atoms with van der Waals surface area (Å²) in [5.41, 5.74) is 0.323. The van der Waals surface area contributed by atoms with Crippen molar-refractivity contribution in [1.82, 2.24) is 0 Å². The summed E-state index contributed by atoms with van der Waals surface area (Å²) < 4.78 is 9.81. The standard InChI is InChI=1S/C15H22O2.C7H10.C4H2O3/c1-9(2)14(16)17-15(3)12-5-10-4-11(7-12)8-13(15)6-10;1-2-7-4-3-6(1)5-7;5-3-1-2-4(6)7-3/h10-13H,1,4-8H2,2-3H3;1-2,6-7H,3-5H2;1-2H. The number of carbonyl (C=O) groups excluding carboxylic acids is 3. The van der Waals surface area contributed by atoms with Crippen molar-refractivity contribution in [2.75, 3.05) is 0 Å². The maximum atomic E-state index is 11.8. The van der Waals surface area contributed by atoms with Crippen molar-refractivity contribution >= 4 is 17.9 Å². The Bertz CT molecular complexity index is 764. The topological polar surface area (TPSA) is 69.7 Å². The van der Waals surface area contributed by atoms with Crippen LogP contribution in [0.15, 0.2) is 36.5 Å². The van der Waals surface area contributed by atoms with Crippen LogP contribution in [0.5, 0.6) is 0 Å². The molecule has 5 heteroatoms. The molecule has 2 unspecified atom stereocenters. The first-order valence-corrected chi connectivity index (χ1v) is 11.7. The van der Waals surface area contributed by atoms with Gasteiger partial charge in [0.15, 0.2) is 0 Å². The summed E-state index contributed by atoms with van der Waals surface area (Å²) in [5, 5.41) is 0. The van der Waals surface area contributed by atoms with E-state index in [1.165, 1.54) is 51.4 Å². The molecular weight excluding hydrogens is 392 g/mol. The van der Waals surface area contributed by atoms with Gasteiger partial charge in [-0.3, -0.25) is 0 Å². The quantitative estimate of drug-likeness (QED) is 0.271. The lowest BCUT2D eigenvalue weighted by atomic mass is 9.50. The van der Waals surface area contributed by atoms with E-state index in [1.54, 1.807) is 6.92 Å². The van der Waals surface area contributed by atoms with Gasteiger partial charge in [0, 0.05) is 17.7 Å². The summed E-state index contributed by atoms with van der Waals surface area (Å²) in [7, 11) is 0. The molecule has 1 heterocycles. The Morgan fingerprint density at radius 3 is 1.71 bits per heavy atom. The summed E-state index contributed by atoms with van der Waals surface area (Å²) in [6, 6.07) is 0. The largest absolute Gasteiger partial charge is 0.455 e. The van der Waals surface area contributed by atoms with Crippen molar-refractivity contribution in [2.24, 2.45) is 35.5 Å². The number of hydrogen-bond acceptors (Lipinski definition) is 5. The highest BCUT2D eigenvalue weighted by atomic mass is 16.6. The van der Waals surface area contributed by atoms with Gasteiger partial charge in [-0.05, 0) is 101 Å². The highest BCUT2D eigenvalue weighted by molar-refractivity contribution is 6.04. The second-order valence-corrected chi connectivity index (χ2v) is 10.4. The molecule has 0 amide bonds. The van der Waals surface area contributed by atoms with E-state index in [0.717, 1.165) is 35.8 Å². The number of hydrogen-bond donors (Lipinski definition) is 0. The molecule has 5 fully saturated rings. The monoisotopic (exact) mass is 426 g/mol. The fourth-order valence-corrected chi connectivity index (χ4v) is 6.59. The first kappa shape index (κ1) is 22.0. The molecule has 0 aromatic rings. The molecule has 0 radical (unpaired) electrons. The molecule has 0 N–H and O–H groups in total. The SMILES string of the molecule is C1=CC2CCC1C2.C=C(C)C(=O)OC1(C)C2CC3CC(C2)CC1C3.O=C1C=CC(=O)O1. The second-order valence-electron chi connectivity index (χ2n) is 10.4. The summed E-state index contributed by atoms with van der Waals surface area (Å²) in [4.78, 5) is 31.7. The second kappa shape index (κ2) is 8.76. The molecular formula is C26H34O5. The first-order valence-electron chi connectivity index (χ1n) is 11.7. The fourth-order valence-electron chi connectivity index (χ4n) is 6.59. The maximum absolute atomic E-state index is 11.8. The molecule has 1 aliphatic heterocycles. The lowest BCUT2D eigenvalue weighted by Crippen LogP contribution is -2.58. The van der Waals surface area contributed by atoms with E-state index in [1.807, 2.05) is 0 Å². The third-order valence-electron chi connectivity index (χ3n) is 8.15. The van der Waals surface area contributed by atoms with Gasteiger partial charge in [0.05, 0.1) is 0 Å². The van der Waals surface area contributed by atoms with E-state index in [2.05, 4.69) is 30.4 Å². The Morgan fingerprint density at radius 2 is 1.42 bits per heavy atom. The zero-order valence-electron chi connectivity index (χ0n) is 18.7. The molecule has 5 nitrogen and oxygen atoms in total. The Balaban J connectivity index is 0.000000135. The molecule has 0 spiro atoms. The number of fused-ring (bicyclic) bond motifs is 2. The molecule has 0 aromatic carbocycles. The molecule has 6 bridgehead atoms. The number of rotatable bonds is 2. The Kier molecular flexibility index (Phi) is 6.23. The van der Waals surface area contributed by atoms with Crippen LogP contribution >= 0.6 is 0 Å². The van der Waals surface area contributed by atoms with Crippen molar-refractivity contribution < 1.29 is 23.9 Å². The van der Waals surface area contributed by atoms with Gasteiger partial charge in [0.25, 0.3) is 0 Å². The third-order valence-corrected chi connectivity index (χ3v) is 8.15. The number of esters is 3. The van der Waals surface area contributed by atoms with E-state index < -0.39 is 11.9 Å². The average Bonchev–Trinajstić information content (AvgIpc) is 3.46. The fraction of sp³-hybridized carbons (Fsp3) is 0.654. The van der Waals surface area contributed by atoms with Crippen molar-refractivity contribution in [1.29, 1.82) is 0 Å². The van der Waals surface area contributed by atoms with Crippen LogP contribution in [0.25, 0.3) is 0 Å². The smallest absolute Gasteiger partial charge is 0.338 e. The molecule has 7 aliphatic rings. The van der Waals surface area contributed by atoms with E-state index in [0.29, 0.717) is 17.4 Å². The van der Waals surface area contributed by atoms with Gasteiger partial charge in [-0.15, -0.1) is 0 Å². The van der Waals surface area contributed by atoms with Crippen molar-refractivity contribution in [2.45, 2.75) is 70.8 Å². The van der Waals surface area contributed by atoms with Crippen LogP contribution in [0.4, 0.5) is 0 Å². The highest BCUT2D eigenvalue weighted by Crippen LogP contribution is 2.59. The minimum atomic E-state index is -0.579. The number of ether oxygens (including phenoxy) is 2. The van der Waals surface area contributed by atoms with Crippen molar-refractivity contribution in [3.05, 3.63) is 36.5 Å². The minimum absolute atomic E-state index is 0.194. The zero-order valence-corrected chi connectivity index (χ0v) is 18.7. The summed E-state index contributed by atoms with van der Waals surface area (Å²) >= 11 is 0. The van der Waals surface area contributed by atoms with Gasteiger partial charge in [-0.25, -0.2) is 14.4 Å². The van der Waals surface area contributed by atoms with Crippen LogP contribution in [-0.2, 0) is 23.9 Å². The van der Waals surface area contributed by atoms with Gasteiger partial charge >= 0.3 is 17.9 Å². The zero-order chi connectivity index (χ0) is 22.2. The van der Waals surface area contributed by atoms with E-state index in [-0.39, 0.29) is 11.6 Å². The molecule has 31 heavy (non-hydrogen) atoms. The lowest BCUT2D eigenvalue weighted by Gasteiger charge is -2.59. The van der Waals surface area contributed by atoms with Gasteiger partial charge in [0.2, 0.25) is 0 Å². The van der Waals surface area contributed by atoms with Crippen molar-refractivity contribution in [3.63, 3.8) is 0 Å². The Labute approximate surface area is 184 Å². The van der Waals surface area contributed by atoms with Crippen molar-refractivity contribution in [3.8, 4) is 0 Å². The predicted molar refractivity (Wildman–Crippen MR) is 117 cm³/mol. The molecule has 7 rings (SSSR count). The lowest BCUT2D eigenvalue weighted by molar-refractivity contribution is -0.199. The van der Waals surface area contributed by atoms with Crippen LogP contribution in [0.2, 0.25) is 0 Å². The highest BCUT2D eigenvalue weighted by Gasteiger charge is 2.57. The normalized spacial score (nSPS) is 40.1. The third kappa shape index (κ3) is 4.86. The van der Waals surface area contributed by atoms with Crippen LogP contribution in [0, 0.1) is 35.5 Å². The van der Waals surface area contributed by atoms with Crippen LogP contribution in [-0.4, -0.2) is 23.5 Å². The van der Waals surface area contributed by atoms with E-state index >= 15 is 0 Å². The summed E-state index contributed by atoms with van der Waals surface area (Å²) in [6.07, 6.45) is 17.9. The predicted octanol–water partition coefficient (Wildman–Crippen LogP) is 4.92. The number of allylic oxidation sites excluding steroid dienone is 2. The average molecular weight is 427 g/mol. The Morgan fingerprint density at radius 1 is 0.935 bits per heavy atom. The van der Waals surface area contributed by atoms with Gasteiger partial charge in [0.1, 0.15) is 5.60 Å². The van der Waals surface area contributed by atoms with E-state index in [9.17, 15) is 14.4 Å². The number of cyclic esters (lactones) is 2. The molecule has 0 saturated heterocycles. The van der Waals surface area contributed by atoms with Crippen LogP contribution < -0.4 is 0 Å². The minimum Gasteiger partial charge on any atom is -0.455 e. The van der Waals surface area contributed by atoms with Crippen LogP contribution in [0.1, 0.15) is 65.2 Å². The van der Waals surface area contributed by atoms with E-state index in [4.69, 9.17) is 4.74 Å². The van der Waals surface area contributed by atoms with Gasteiger partial charge in [-0.2, -0.15) is 0 Å². The van der Waals surface area contributed by atoms with Gasteiger partial charge in [-0.1, -0.05) is 18.7 Å². The molecule has 0 aromatic heterocycles. The molecule has 2 atom stereocenters. The summed E-state index contributed by atoms with van der Waals surface area (Å²) in [5.74, 6) is 3.65. The van der Waals surface area contributed by atoms with Crippen LogP contribution in [0.3, 0.4) is 0 Å². The maximum Gasteiger partial charge on any atom is 0.338 e. The number of carbonyl (C=O) groups is 3.